The van der Waals surface area contributed by atoms with Crippen molar-refractivity contribution in [2.24, 2.45) is 0 Å². The summed E-state index contributed by atoms with van der Waals surface area (Å²) in [6.45, 7) is 1.91. The Labute approximate surface area is 155 Å². The number of amides is 1. The third-order valence-electron chi connectivity index (χ3n) is 4.60. The lowest BCUT2D eigenvalue weighted by Gasteiger charge is -2.27. The van der Waals surface area contributed by atoms with Crippen LogP contribution in [-0.2, 0) is 11.2 Å². The van der Waals surface area contributed by atoms with Crippen molar-refractivity contribution in [1.29, 1.82) is 0 Å². The minimum absolute atomic E-state index is 0.0358. The second kappa shape index (κ2) is 8.41. The van der Waals surface area contributed by atoms with Crippen LogP contribution in [0.15, 0.2) is 48.5 Å². The number of rotatable bonds is 6. The number of carbonyl (C=O) groups is 1. The number of nitrogens with zero attached hydrogens (tertiary/aromatic N) is 1. The Balaban J connectivity index is 2.04. The van der Waals surface area contributed by atoms with Gasteiger partial charge in [0.05, 0.1) is 11.8 Å². The Kier molecular flexibility index (Phi) is 6.00. The summed E-state index contributed by atoms with van der Waals surface area (Å²) in [6, 6.07) is 16.8. The Hall–Kier alpha value is -1.98. The molecule has 0 aliphatic carbocycles. The number of fused-ring (bicyclic) bond motifs is 2. The van der Waals surface area contributed by atoms with Gasteiger partial charge >= 0.3 is 0 Å². The first-order valence-electron chi connectivity index (χ1n) is 8.73. The number of benzene rings is 2. The molecule has 3 rings (SSSR count). The molecule has 0 saturated carbocycles. The quantitative estimate of drug-likeness (QED) is 0.551. The van der Waals surface area contributed by atoms with Gasteiger partial charge in [0.2, 0.25) is 5.91 Å². The summed E-state index contributed by atoms with van der Waals surface area (Å²) < 4.78 is 0. The summed E-state index contributed by atoms with van der Waals surface area (Å²) in [5.74, 6) is 0.163. The van der Waals surface area contributed by atoms with E-state index < -0.39 is 0 Å². The third kappa shape index (κ3) is 3.99. The minimum Gasteiger partial charge on any atom is -0.348 e. The maximum Gasteiger partial charge on any atom is 0.230 e. The van der Waals surface area contributed by atoms with Crippen LogP contribution in [0.5, 0.6) is 0 Å². The predicted octanol–water partition coefficient (Wildman–Crippen LogP) is 3.08. The summed E-state index contributed by atoms with van der Waals surface area (Å²) in [6.07, 6.45) is 1.84. The normalized spacial score (nSPS) is 15.9. The minimum atomic E-state index is -0.0377. The van der Waals surface area contributed by atoms with Gasteiger partial charge in [0.15, 0.2) is 0 Å². The van der Waals surface area contributed by atoms with Crippen molar-refractivity contribution in [2.45, 2.75) is 18.9 Å². The van der Waals surface area contributed by atoms with Gasteiger partial charge in [0.25, 0.3) is 0 Å². The number of hydrogen-bond donors (Lipinski definition) is 3. The summed E-state index contributed by atoms with van der Waals surface area (Å²) >= 11 is 4.11. The zero-order valence-corrected chi connectivity index (χ0v) is 15.4. The number of hydrogen-bond acceptors (Lipinski definition) is 4. The van der Waals surface area contributed by atoms with E-state index in [9.17, 15) is 4.79 Å². The van der Waals surface area contributed by atoms with Gasteiger partial charge in [0, 0.05) is 17.9 Å². The summed E-state index contributed by atoms with van der Waals surface area (Å²) in [5.41, 5.74) is 4.83. The second-order valence-corrected chi connectivity index (χ2v) is 6.59. The molecule has 0 aromatic heterocycles. The van der Waals surface area contributed by atoms with Crippen molar-refractivity contribution in [2.75, 3.05) is 30.8 Å². The fourth-order valence-electron chi connectivity index (χ4n) is 3.46. The van der Waals surface area contributed by atoms with E-state index >= 15 is 0 Å². The topological polar surface area (TPSA) is 44.4 Å². The maximum atomic E-state index is 12.0. The molecule has 2 aromatic rings. The van der Waals surface area contributed by atoms with E-state index in [-0.39, 0.29) is 17.7 Å². The summed E-state index contributed by atoms with van der Waals surface area (Å²) in [5, 5.41) is 6.36. The lowest BCUT2D eigenvalue weighted by atomic mass is 9.99. The molecule has 0 spiro atoms. The highest BCUT2D eigenvalue weighted by atomic mass is 32.1. The van der Waals surface area contributed by atoms with Crippen molar-refractivity contribution in [3.63, 3.8) is 0 Å². The van der Waals surface area contributed by atoms with Crippen LogP contribution in [0.1, 0.15) is 23.6 Å². The molecular formula is C20H25N3OS. The Morgan fingerprint density at radius 3 is 2.64 bits per heavy atom. The molecule has 1 heterocycles. The SMILES string of the molecule is CNCCCN1c2ccccc2CC(NC(=O)CS)c2ccccc21. The average molecular weight is 356 g/mol. The molecule has 1 unspecified atom stereocenters. The highest BCUT2D eigenvalue weighted by Gasteiger charge is 2.27. The Bertz CT molecular complexity index is 734. The molecule has 1 aliphatic rings. The van der Waals surface area contributed by atoms with Crippen LogP contribution < -0.4 is 15.5 Å². The molecule has 0 fully saturated rings. The van der Waals surface area contributed by atoms with E-state index in [1.54, 1.807) is 0 Å². The molecular weight excluding hydrogens is 330 g/mol. The van der Waals surface area contributed by atoms with E-state index in [0.717, 1.165) is 25.9 Å². The predicted molar refractivity (Wildman–Crippen MR) is 107 cm³/mol. The van der Waals surface area contributed by atoms with Crippen LogP contribution >= 0.6 is 12.6 Å². The molecule has 1 amide bonds. The molecule has 0 radical (unpaired) electrons. The third-order valence-corrected chi connectivity index (χ3v) is 4.88. The first-order valence-corrected chi connectivity index (χ1v) is 9.37. The van der Waals surface area contributed by atoms with Gasteiger partial charge < -0.3 is 15.5 Å². The molecule has 1 atom stereocenters. The number of carbonyl (C=O) groups excluding carboxylic acids is 1. The molecule has 132 valence electrons. The number of thiol groups is 1. The standard InChI is InChI=1S/C20H25N3OS/c1-21-11-6-12-23-18-9-4-2-7-15(18)13-17(22-20(24)14-25)16-8-3-5-10-19(16)23/h2-5,7-10,17,21,25H,6,11-14H2,1H3,(H,22,24). The van der Waals surface area contributed by atoms with Gasteiger partial charge in [-0.1, -0.05) is 36.4 Å². The van der Waals surface area contributed by atoms with Gasteiger partial charge in [-0.25, -0.2) is 0 Å². The molecule has 0 saturated heterocycles. The highest BCUT2D eigenvalue weighted by molar-refractivity contribution is 7.81. The van der Waals surface area contributed by atoms with Crippen molar-refractivity contribution in [1.82, 2.24) is 10.6 Å². The summed E-state index contributed by atoms with van der Waals surface area (Å²) in [4.78, 5) is 14.4. The number of para-hydroxylation sites is 2. The fraction of sp³-hybridized carbons (Fsp3) is 0.350. The molecule has 0 bridgehead atoms. The Morgan fingerprint density at radius 1 is 1.16 bits per heavy atom. The molecule has 5 heteroatoms. The fourth-order valence-corrected chi connectivity index (χ4v) is 3.55. The maximum absolute atomic E-state index is 12.0. The Morgan fingerprint density at radius 2 is 1.88 bits per heavy atom. The number of nitrogens with one attached hydrogen (secondary N) is 2. The molecule has 2 aromatic carbocycles. The average Bonchev–Trinajstić information content (AvgIpc) is 2.77. The molecule has 1 aliphatic heterocycles. The van der Waals surface area contributed by atoms with Gasteiger partial charge in [0.1, 0.15) is 0 Å². The zero-order chi connectivity index (χ0) is 17.6. The lowest BCUT2D eigenvalue weighted by Crippen LogP contribution is -2.30. The summed E-state index contributed by atoms with van der Waals surface area (Å²) in [7, 11) is 1.98. The largest absolute Gasteiger partial charge is 0.348 e. The van der Waals surface area contributed by atoms with E-state index in [0.29, 0.717) is 0 Å². The van der Waals surface area contributed by atoms with Crippen molar-refractivity contribution >= 4 is 29.9 Å². The van der Waals surface area contributed by atoms with E-state index in [2.05, 4.69) is 70.6 Å². The van der Waals surface area contributed by atoms with Crippen LogP contribution in [0, 0.1) is 0 Å². The first-order chi connectivity index (χ1) is 12.2. The van der Waals surface area contributed by atoms with Gasteiger partial charge in [-0.2, -0.15) is 12.6 Å². The molecule has 25 heavy (non-hydrogen) atoms. The van der Waals surface area contributed by atoms with Crippen molar-refractivity contribution < 1.29 is 4.79 Å². The van der Waals surface area contributed by atoms with Crippen LogP contribution in [0.2, 0.25) is 0 Å². The van der Waals surface area contributed by atoms with E-state index in [1.165, 1.54) is 22.5 Å². The first kappa shape index (κ1) is 17.8. The van der Waals surface area contributed by atoms with Crippen LogP contribution in [0.4, 0.5) is 11.4 Å². The monoisotopic (exact) mass is 355 g/mol. The van der Waals surface area contributed by atoms with Crippen molar-refractivity contribution in [3.8, 4) is 0 Å². The van der Waals surface area contributed by atoms with E-state index in [4.69, 9.17) is 0 Å². The smallest absolute Gasteiger partial charge is 0.230 e. The van der Waals surface area contributed by atoms with Crippen LogP contribution in [0.25, 0.3) is 0 Å². The molecule has 4 nitrogen and oxygen atoms in total. The van der Waals surface area contributed by atoms with Gasteiger partial charge in [-0.05, 0) is 49.7 Å². The zero-order valence-electron chi connectivity index (χ0n) is 14.5. The van der Waals surface area contributed by atoms with Crippen LogP contribution in [-0.4, -0.2) is 31.8 Å². The second-order valence-electron chi connectivity index (χ2n) is 6.28. The van der Waals surface area contributed by atoms with E-state index in [1.807, 2.05) is 13.1 Å². The lowest BCUT2D eigenvalue weighted by molar-refractivity contribution is -0.119. The van der Waals surface area contributed by atoms with Gasteiger partial charge in [-0.15, -0.1) is 0 Å². The number of anilines is 2. The van der Waals surface area contributed by atoms with Crippen LogP contribution in [0.3, 0.4) is 0 Å². The molecule has 2 N–H and O–H groups in total. The van der Waals surface area contributed by atoms with Crippen molar-refractivity contribution in [3.05, 3.63) is 59.7 Å². The highest BCUT2D eigenvalue weighted by Crippen LogP contribution is 2.39. The van der Waals surface area contributed by atoms with Gasteiger partial charge in [-0.3, -0.25) is 4.79 Å².